The van der Waals surface area contributed by atoms with Crippen molar-refractivity contribution in [3.8, 4) is 5.75 Å². The Labute approximate surface area is 136 Å². The topological polar surface area (TPSA) is 30.3 Å². The summed E-state index contributed by atoms with van der Waals surface area (Å²) in [6, 6.07) is 5.84. The van der Waals surface area contributed by atoms with Gasteiger partial charge >= 0.3 is 0 Å². The van der Waals surface area contributed by atoms with E-state index in [-0.39, 0.29) is 5.82 Å². The van der Waals surface area contributed by atoms with Crippen LogP contribution in [0.3, 0.4) is 0 Å². The molecular weight excluding hydrogens is 293 g/mol. The molecule has 1 saturated heterocycles. The Hall–Kier alpha value is -1.88. The third kappa shape index (κ3) is 4.10. The molecule has 0 saturated carbocycles. The molecule has 0 amide bonds. The number of ether oxygens (including phenoxy) is 1. The van der Waals surface area contributed by atoms with Crippen LogP contribution in [-0.4, -0.2) is 41.2 Å². The van der Waals surface area contributed by atoms with Crippen LogP contribution in [0.1, 0.15) is 30.9 Å². The highest BCUT2D eigenvalue weighted by molar-refractivity contribution is 5.29. The van der Waals surface area contributed by atoms with Crippen molar-refractivity contribution in [1.82, 2.24) is 14.5 Å². The van der Waals surface area contributed by atoms with E-state index in [9.17, 15) is 4.39 Å². The standard InChI is InChI=1S/C18H24FN3O/c1-23-18-5-4-15(13-17(18)19)3-2-9-21-10-6-16(7-11-21)22-12-8-20-14-22/h4-5,8,12-14,16H,2-3,6-7,9-11H2,1H3. The summed E-state index contributed by atoms with van der Waals surface area (Å²) < 4.78 is 20.8. The van der Waals surface area contributed by atoms with E-state index in [1.54, 1.807) is 12.1 Å². The molecule has 1 aliphatic rings. The van der Waals surface area contributed by atoms with Crippen LogP contribution in [0.5, 0.6) is 5.75 Å². The number of piperidine rings is 1. The Balaban J connectivity index is 1.41. The predicted molar refractivity (Wildman–Crippen MR) is 88.2 cm³/mol. The Bertz CT molecular complexity index is 607. The summed E-state index contributed by atoms with van der Waals surface area (Å²) in [5.41, 5.74) is 1.04. The minimum absolute atomic E-state index is 0.272. The number of rotatable bonds is 6. The quantitative estimate of drug-likeness (QED) is 0.819. The predicted octanol–water partition coefficient (Wildman–Crippen LogP) is 3.30. The first kappa shape index (κ1) is 16.0. The Morgan fingerprint density at radius 3 is 2.78 bits per heavy atom. The zero-order valence-corrected chi connectivity index (χ0v) is 13.6. The van der Waals surface area contributed by atoms with E-state index in [0.29, 0.717) is 11.8 Å². The molecule has 0 aliphatic carbocycles. The molecule has 2 aromatic rings. The average molecular weight is 317 g/mol. The molecule has 0 bridgehead atoms. The van der Waals surface area contributed by atoms with Gasteiger partial charge in [0.25, 0.3) is 0 Å². The van der Waals surface area contributed by atoms with Gasteiger partial charge in [-0.05, 0) is 49.9 Å². The zero-order valence-electron chi connectivity index (χ0n) is 13.6. The van der Waals surface area contributed by atoms with Gasteiger partial charge in [0.2, 0.25) is 0 Å². The van der Waals surface area contributed by atoms with Gasteiger partial charge in [0, 0.05) is 31.5 Å². The summed E-state index contributed by atoms with van der Waals surface area (Å²) in [7, 11) is 1.49. The van der Waals surface area contributed by atoms with Crippen molar-refractivity contribution in [1.29, 1.82) is 0 Å². The highest BCUT2D eigenvalue weighted by Crippen LogP contribution is 2.22. The fraction of sp³-hybridized carbons (Fsp3) is 0.500. The van der Waals surface area contributed by atoms with Crippen LogP contribution in [0.2, 0.25) is 0 Å². The lowest BCUT2D eigenvalue weighted by molar-refractivity contribution is 0.185. The fourth-order valence-corrected chi connectivity index (χ4v) is 3.30. The van der Waals surface area contributed by atoms with Crippen molar-refractivity contribution in [3.63, 3.8) is 0 Å². The summed E-state index contributed by atoms with van der Waals surface area (Å²) in [6.45, 7) is 3.32. The molecular formula is C18H24FN3O. The largest absolute Gasteiger partial charge is 0.494 e. The monoisotopic (exact) mass is 317 g/mol. The number of halogens is 1. The smallest absolute Gasteiger partial charge is 0.165 e. The van der Waals surface area contributed by atoms with Gasteiger partial charge in [0.1, 0.15) is 0 Å². The molecule has 0 radical (unpaired) electrons. The zero-order chi connectivity index (χ0) is 16.1. The van der Waals surface area contributed by atoms with Gasteiger partial charge in [-0.15, -0.1) is 0 Å². The molecule has 1 aromatic carbocycles. The van der Waals surface area contributed by atoms with Gasteiger partial charge in [-0.3, -0.25) is 0 Å². The maximum atomic E-state index is 13.7. The number of aryl methyl sites for hydroxylation is 1. The second kappa shape index (κ2) is 7.59. The van der Waals surface area contributed by atoms with Crippen LogP contribution in [-0.2, 0) is 6.42 Å². The van der Waals surface area contributed by atoms with Gasteiger partial charge < -0.3 is 14.2 Å². The minimum atomic E-state index is -0.272. The molecule has 124 valence electrons. The number of likely N-dealkylation sites (tertiary alicyclic amines) is 1. The van der Waals surface area contributed by atoms with Crippen LogP contribution in [0.4, 0.5) is 4.39 Å². The van der Waals surface area contributed by atoms with Crippen LogP contribution >= 0.6 is 0 Å². The number of imidazole rings is 1. The summed E-state index contributed by atoms with van der Waals surface area (Å²) in [6.07, 6.45) is 10.1. The highest BCUT2D eigenvalue weighted by atomic mass is 19.1. The molecule has 1 aliphatic heterocycles. The molecule has 2 heterocycles. The Morgan fingerprint density at radius 1 is 1.30 bits per heavy atom. The van der Waals surface area contributed by atoms with E-state index < -0.39 is 0 Å². The van der Waals surface area contributed by atoms with Crippen LogP contribution in [0.25, 0.3) is 0 Å². The number of hydrogen-bond acceptors (Lipinski definition) is 3. The van der Waals surface area contributed by atoms with E-state index in [4.69, 9.17) is 4.74 Å². The SMILES string of the molecule is COc1ccc(CCCN2CCC(n3ccnc3)CC2)cc1F. The van der Waals surface area contributed by atoms with Gasteiger partial charge in [0.15, 0.2) is 11.6 Å². The van der Waals surface area contributed by atoms with Crippen molar-refractivity contribution >= 4 is 0 Å². The maximum Gasteiger partial charge on any atom is 0.165 e. The van der Waals surface area contributed by atoms with E-state index in [0.717, 1.165) is 38.0 Å². The number of benzene rings is 1. The van der Waals surface area contributed by atoms with Crippen molar-refractivity contribution in [2.24, 2.45) is 0 Å². The Morgan fingerprint density at radius 2 is 2.13 bits per heavy atom. The highest BCUT2D eigenvalue weighted by Gasteiger charge is 2.19. The van der Waals surface area contributed by atoms with Crippen molar-refractivity contribution in [3.05, 3.63) is 48.3 Å². The first-order chi connectivity index (χ1) is 11.3. The van der Waals surface area contributed by atoms with Crippen LogP contribution in [0, 0.1) is 5.82 Å². The first-order valence-corrected chi connectivity index (χ1v) is 8.28. The number of nitrogens with zero attached hydrogens (tertiary/aromatic N) is 3. The van der Waals surface area contributed by atoms with Crippen molar-refractivity contribution in [2.45, 2.75) is 31.7 Å². The van der Waals surface area contributed by atoms with E-state index in [2.05, 4.69) is 20.6 Å². The van der Waals surface area contributed by atoms with E-state index in [1.165, 1.54) is 20.0 Å². The Kier molecular flexibility index (Phi) is 5.28. The van der Waals surface area contributed by atoms with Gasteiger partial charge in [-0.25, -0.2) is 9.37 Å². The molecule has 0 N–H and O–H groups in total. The molecule has 4 nitrogen and oxygen atoms in total. The summed E-state index contributed by atoms with van der Waals surface area (Å²) in [5.74, 6) is 0.0430. The lowest BCUT2D eigenvalue weighted by atomic mass is 10.0. The van der Waals surface area contributed by atoms with Crippen molar-refractivity contribution < 1.29 is 9.13 Å². The summed E-state index contributed by atoms with van der Waals surface area (Å²) >= 11 is 0. The second-order valence-corrected chi connectivity index (χ2v) is 6.16. The third-order valence-electron chi connectivity index (χ3n) is 4.66. The second-order valence-electron chi connectivity index (χ2n) is 6.16. The fourth-order valence-electron chi connectivity index (χ4n) is 3.30. The van der Waals surface area contributed by atoms with Crippen LogP contribution in [0.15, 0.2) is 36.9 Å². The number of methoxy groups -OCH3 is 1. The number of aromatic nitrogens is 2. The molecule has 3 rings (SSSR count). The number of hydrogen-bond donors (Lipinski definition) is 0. The molecule has 1 fully saturated rings. The van der Waals surface area contributed by atoms with E-state index in [1.807, 2.05) is 18.6 Å². The maximum absolute atomic E-state index is 13.7. The normalized spacial score (nSPS) is 16.6. The molecule has 5 heteroatoms. The first-order valence-electron chi connectivity index (χ1n) is 8.28. The molecule has 0 spiro atoms. The molecule has 0 atom stereocenters. The van der Waals surface area contributed by atoms with Crippen LogP contribution < -0.4 is 4.74 Å². The average Bonchev–Trinajstić information content (AvgIpc) is 3.10. The van der Waals surface area contributed by atoms with Gasteiger partial charge in [-0.2, -0.15) is 0 Å². The molecule has 0 unspecified atom stereocenters. The lowest BCUT2D eigenvalue weighted by Gasteiger charge is -2.32. The summed E-state index contributed by atoms with van der Waals surface area (Å²) in [5, 5.41) is 0. The minimum Gasteiger partial charge on any atom is -0.494 e. The third-order valence-corrected chi connectivity index (χ3v) is 4.66. The van der Waals surface area contributed by atoms with E-state index >= 15 is 0 Å². The summed E-state index contributed by atoms with van der Waals surface area (Å²) in [4.78, 5) is 6.64. The lowest BCUT2D eigenvalue weighted by Crippen LogP contribution is -2.35. The van der Waals surface area contributed by atoms with Gasteiger partial charge in [-0.1, -0.05) is 6.07 Å². The molecule has 23 heavy (non-hydrogen) atoms. The molecule has 1 aromatic heterocycles. The van der Waals surface area contributed by atoms with Gasteiger partial charge in [0.05, 0.1) is 13.4 Å². The van der Waals surface area contributed by atoms with Crippen molar-refractivity contribution in [2.75, 3.05) is 26.7 Å².